The lowest BCUT2D eigenvalue weighted by Crippen LogP contribution is -2.35. The van der Waals surface area contributed by atoms with Gasteiger partial charge in [-0.1, -0.05) is 29.6 Å². The van der Waals surface area contributed by atoms with Crippen LogP contribution in [0.4, 0.5) is 0 Å². The summed E-state index contributed by atoms with van der Waals surface area (Å²) in [6.07, 6.45) is 8.06. The lowest BCUT2D eigenvalue weighted by atomic mass is 10.1. The van der Waals surface area contributed by atoms with E-state index >= 15 is 0 Å². The SMILES string of the molecule is Cn1cc(Cl)c(C2CCCCCN2C(=O)c2cc(C3CC3)on2)n1. The van der Waals surface area contributed by atoms with E-state index in [0.29, 0.717) is 23.2 Å². The van der Waals surface area contributed by atoms with Gasteiger partial charge < -0.3 is 9.42 Å². The molecule has 2 aliphatic rings. The highest BCUT2D eigenvalue weighted by Gasteiger charge is 2.34. The number of aryl methyl sites for hydroxylation is 1. The van der Waals surface area contributed by atoms with E-state index in [1.165, 1.54) is 0 Å². The maximum absolute atomic E-state index is 13.0. The van der Waals surface area contributed by atoms with Crippen molar-refractivity contribution < 1.29 is 9.32 Å². The molecule has 0 spiro atoms. The Labute approximate surface area is 145 Å². The number of carbonyl (C=O) groups is 1. The molecule has 1 aliphatic carbocycles. The van der Waals surface area contributed by atoms with Crippen LogP contribution in [0.3, 0.4) is 0 Å². The molecule has 24 heavy (non-hydrogen) atoms. The number of likely N-dealkylation sites (tertiary alicyclic amines) is 1. The van der Waals surface area contributed by atoms with Gasteiger partial charge in [-0.2, -0.15) is 5.10 Å². The third-order valence-electron chi connectivity index (χ3n) is 4.87. The monoisotopic (exact) mass is 348 g/mol. The van der Waals surface area contributed by atoms with Crippen LogP contribution in [0.2, 0.25) is 5.02 Å². The lowest BCUT2D eigenvalue weighted by molar-refractivity contribution is 0.0666. The molecule has 0 bridgehead atoms. The van der Waals surface area contributed by atoms with Crippen molar-refractivity contribution in [2.45, 2.75) is 50.5 Å². The van der Waals surface area contributed by atoms with Crippen molar-refractivity contribution in [1.82, 2.24) is 19.8 Å². The number of halogens is 1. The first kappa shape index (κ1) is 15.7. The molecule has 1 aliphatic heterocycles. The molecule has 0 aromatic carbocycles. The van der Waals surface area contributed by atoms with Gasteiger partial charge in [0.05, 0.1) is 11.1 Å². The van der Waals surface area contributed by atoms with Gasteiger partial charge in [0.1, 0.15) is 11.5 Å². The summed E-state index contributed by atoms with van der Waals surface area (Å²) >= 11 is 6.35. The van der Waals surface area contributed by atoms with Gasteiger partial charge in [0, 0.05) is 31.8 Å². The van der Waals surface area contributed by atoms with Gasteiger partial charge in [-0.25, -0.2) is 0 Å². The Kier molecular flexibility index (Phi) is 4.08. The second kappa shape index (κ2) is 6.24. The van der Waals surface area contributed by atoms with Crippen molar-refractivity contribution in [2.24, 2.45) is 7.05 Å². The second-order valence-corrected chi connectivity index (χ2v) is 7.20. The van der Waals surface area contributed by atoms with Crippen LogP contribution < -0.4 is 0 Å². The van der Waals surface area contributed by atoms with E-state index in [1.807, 2.05) is 18.0 Å². The van der Waals surface area contributed by atoms with E-state index < -0.39 is 0 Å². The number of aromatic nitrogens is 3. The zero-order valence-electron chi connectivity index (χ0n) is 13.7. The summed E-state index contributed by atoms with van der Waals surface area (Å²) < 4.78 is 7.06. The Morgan fingerprint density at radius 3 is 2.83 bits per heavy atom. The van der Waals surface area contributed by atoms with Gasteiger partial charge in [0.15, 0.2) is 5.69 Å². The molecule has 0 N–H and O–H groups in total. The van der Waals surface area contributed by atoms with E-state index in [1.54, 1.807) is 10.9 Å². The molecule has 7 heteroatoms. The number of nitrogens with zero attached hydrogens (tertiary/aromatic N) is 4. The topological polar surface area (TPSA) is 64.2 Å². The first-order chi connectivity index (χ1) is 11.6. The van der Waals surface area contributed by atoms with Crippen LogP contribution in [-0.4, -0.2) is 32.3 Å². The summed E-state index contributed by atoms with van der Waals surface area (Å²) in [5, 5.41) is 9.12. The first-order valence-corrected chi connectivity index (χ1v) is 8.98. The van der Waals surface area contributed by atoms with E-state index in [2.05, 4.69) is 10.3 Å². The summed E-state index contributed by atoms with van der Waals surface area (Å²) in [5.74, 6) is 1.20. The van der Waals surface area contributed by atoms with Crippen molar-refractivity contribution in [2.75, 3.05) is 6.54 Å². The highest BCUT2D eigenvalue weighted by Crippen LogP contribution is 2.40. The molecule has 128 valence electrons. The van der Waals surface area contributed by atoms with Crippen molar-refractivity contribution in [3.05, 3.63) is 34.4 Å². The minimum absolute atomic E-state index is 0.0840. The van der Waals surface area contributed by atoms with Crippen LogP contribution in [0.5, 0.6) is 0 Å². The molecule has 3 heterocycles. The van der Waals surface area contributed by atoms with Gasteiger partial charge >= 0.3 is 0 Å². The normalized spacial score (nSPS) is 21.8. The van der Waals surface area contributed by atoms with Crippen LogP contribution in [0.25, 0.3) is 0 Å². The molecule has 1 saturated heterocycles. The molecule has 0 radical (unpaired) electrons. The summed E-state index contributed by atoms with van der Waals surface area (Å²) in [6, 6.07) is 1.71. The molecule has 4 rings (SSSR count). The minimum atomic E-state index is -0.102. The van der Waals surface area contributed by atoms with Crippen molar-refractivity contribution in [3.63, 3.8) is 0 Å². The zero-order chi connectivity index (χ0) is 16.7. The Morgan fingerprint density at radius 2 is 2.12 bits per heavy atom. The predicted octanol–water partition coefficient (Wildman–Crippen LogP) is 3.70. The van der Waals surface area contributed by atoms with Gasteiger partial charge in [0.2, 0.25) is 0 Å². The number of carbonyl (C=O) groups excluding carboxylic acids is 1. The van der Waals surface area contributed by atoms with Crippen molar-refractivity contribution in [1.29, 1.82) is 0 Å². The van der Waals surface area contributed by atoms with Crippen LogP contribution in [0.1, 0.15) is 72.4 Å². The summed E-state index contributed by atoms with van der Waals surface area (Å²) in [7, 11) is 1.85. The maximum atomic E-state index is 13.0. The van der Waals surface area contributed by atoms with Crippen molar-refractivity contribution in [3.8, 4) is 0 Å². The fraction of sp³-hybridized carbons (Fsp3) is 0.588. The summed E-state index contributed by atoms with van der Waals surface area (Å²) in [6.45, 7) is 0.696. The standard InChI is InChI=1S/C17H21ClN4O2/c1-21-10-12(18)16(19-21)14-5-3-2-4-8-22(14)17(23)13-9-15(24-20-13)11-6-7-11/h9-11,14H,2-8H2,1H3. The number of hydrogen-bond donors (Lipinski definition) is 0. The second-order valence-electron chi connectivity index (χ2n) is 6.79. The Bertz CT molecular complexity index is 750. The molecule has 1 amide bonds. The summed E-state index contributed by atoms with van der Waals surface area (Å²) in [4.78, 5) is 14.9. The third-order valence-corrected chi connectivity index (χ3v) is 5.16. The molecule has 2 aromatic rings. The Hall–Kier alpha value is -1.82. The van der Waals surface area contributed by atoms with E-state index in [-0.39, 0.29) is 11.9 Å². The minimum Gasteiger partial charge on any atom is -0.360 e. The molecular formula is C17H21ClN4O2. The molecule has 6 nitrogen and oxygen atoms in total. The third kappa shape index (κ3) is 2.95. The quantitative estimate of drug-likeness (QED) is 0.848. The van der Waals surface area contributed by atoms with Crippen LogP contribution in [0, 0.1) is 0 Å². The molecule has 2 aromatic heterocycles. The van der Waals surface area contributed by atoms with Gasteiger partial charge in [0.25, 0.3) is 5.91 Å². The van der Waals surface area contributed by atoms with E-state index in [0.717, 1.165) is 50.0 Å². The smallest absolute Gasteiger partial charge is 0.276 e. The number of rotatable bonds is 3. The van der Waals surface area contributed by atoms with Crippen molar-refractivity contribution >= 4 is 17.5 Å². The average Bonchev–Trinajstić information content (AvgIpc) is 3.27. The summed E-state index contributed by atoms with van der Waals surface area (Å²) in [5.41, 5.74) is 1.18. The first-order valence-electron chi connectivity index (χ1n) is 8.60. The van der Waals surface area contributed by atoms with E-state index in [4.69, 9.17) is 16.1 Å². The number of hydrogen-bond acceptors (Lipinski definition) is 4. The molecule has 2 fully saturated rings. The highest BCUT2D eigenvalue weighted by molar-refractivity contribution is 6.31. The van der Waals surface area contributed by atoms with Crippen LogP contribution in [0.15, 0.2) is 16.8 Å². The predicted molar refractivity (Wildman–Crippen MR) is 88.9 cm³/mol. The lowest BCUT2D eigenvalue weighted by Gasteiger charge is -2.28. The Balaban J connectivity index is 1.63. The van der Waals surface area contributed by atoms with E-state index in [9.17, 15) is 4.79 Å². The molecule has 1 atom stereocenters. The largest absolute Gasteiger partial charge is 0.360 e. The van der Waals surface area contributed by atoms with Gasteiger partial charge in [-0.15, -0.1) is 0 Å². The molecule has 1 saturated carbocycles. The average molecular weight is 349 g/mol. The molecular weight excluding hydrogens is 328 g/mol. The van der Waals surface area contributed by atoms with Crippen LogP contribution in [-0.2, 0) is 7.05 Å². The highest BCUT2D eigenvalue weighted by atomic mass is 35.5. The molecule has 1 unspecified atom stereocenters. The fourth-order valence-electron chi connectivity index (χ4n) is 3.44. The Morgan fingerprint density at radius 1 is 1.29 bits per heavy atom. The fourth-order valence-corrected chi connectivity index (χ4v) is 3.74. The van der Waals surface area contributed by atoms with Crippen LogP contribution >= 0.6 is 11.6 Å². The van der Waals surface area contributed by atoms with Gasteiger partial charge in [-0.3, -0.25) is 9.48 Å². The zero-order valence-corrected chi connectivity index (χ0v) is 14.5. The van der Waals surface area contributed by atoms with Gasteiger partial charge in [-0.05, 0) is 25.7 Å². The maximum Gasteiger partial charge on any atom is 0.276 e. The number of amides is 1.